The average molecular weight is 340 g/mol. The van der Waals surface area contributed by atoms with Gasteiger partial charge in [-0.25, -0.2) is 0 Å². The fourth-order valence-corrected chi connectivity index (χ4v) is 1.95. The van der Waals surface area contributed by atoms with Crippen LogP contribution in [0.4, 0.5) is 13.2 Å². The maximum Gasteiger partial charge on any atom is 0.411 e. The van der Waals surface area contributed by atoms with E-state index < -0.39 is 12.8 Å². The Bertz CT molecular complexity index is 367. The number of alkyl halides is 3. The predicted octanol–water partition coefficient (Wildman–Crippen LogP) is 4.07. The molecule has 0 amide bonds. The fourth-order valence-electron chi connectivity index (χ4n) is 1.69. The standard InChI is InChI=1S/C13H17BrF3NO/c1-2-12(10-3-5-11(14)6-4-10)18-7-8-19-9-13(15,16)17/h3-6,12,18H,2,7-9H2,1H3. The van der Waals surface area contributed by atoms with E-state index in [9.17, 15) is 13.2 Å². The molecule has 1 aromatic carbocycles. The van der Waals surface area contributed by atoms with E-state index in [-0.39, 0.29) is 12.6 Å². The van der Waals surface area contributed by atoms with Gasteiger partial charge in [-0.05, 0) is 24.1 Å². The van der Waals surface area contributed by atoms with Gasteiger partial charge in [0, 0.05) is 17.1 Å². The van der Waals surface area contributed by atoms with E-state index in [0.29, 0.717) is 6.54 Å². The molecule has 0 heterocycles. The normalized spacial score (nSPS) is 13.5. The Labute approximate surface area is 119 Å². The van der Waals surface area contributed by atoms with Crippen molar-refractivity contribution < 1.29 is 17.9 Å². The molecule has 0 fully saturated rings. The van der Waals surface area contributed by atoms with Crippen molar-refractivity contribution in [3.63, 3.8) is 0 Å². The SMILES string of the molecule is CCC(NCCOCC(F)(F)F)c1ccc(Br)cc1. The lowest BCUT2D eigenvalue weighted by molar-refractivity contribution is -0.173. The summed E-state index contributed by atoms with van der Waals surface area (Å²) in [5.74, 6) is 0. The minimum absolute atomic E-state index is 0.0482. The monoisotopic (exact) mass is 339 g/mol. The third-order valence-corrected chi connectivity index (χ3v) is 3.11. The van der Waals surface area contributed by atoms with Gasteiger partial charge in [-0.15, -0.1) is 0 Å². The van der Waals surface area contributed by atoms with Gasteiger partial charge in [-0.2, -0.15) is 13.2 Å². The Morgan fingerprint density at radius 2 is 1.89 bits per heavy atom. The summed E-state index contributed by atoms with van der Waals surface area (Å²) in [6.45, 7) is 1.28. The molecule has 108 valence electrons. The van der Waals surface area contributed by atoms with Crippen molar-refractivity contribution in [1.82, 2.24) is 5.32 Å². The number of hydrogen-bond donors (Lipinski definition) is 1. The molecule has 6 heteroatoms. The molecular weight excluding hydrogens is 323 g/mol. The van der Waals surface area contributed by atoms with E-state index in [1.165, 1.54) is 0 Å². The summed E-state index contributed by atoms with van der Waals surface area (Å²) in [4.78, 5) is 0. The van der Waals surface area contributed by atoms with E-state index >= 15 is 0 Å². The summed E-state index contributed by atoms with van der Waals surface area (Å²) < 4.78 is 41.1. The second-order valence-corrected chi connectivity index (χ2v) is 5.05. The lowest BCUT2D eigenvalue weighted by Crippen LogP contribution is -2.27. The van der Waals surface area contributed by atoms with Crippen LogP contribution in [-0.2, 0) is 4.74 Å². The van der Waals surface area contributed by atoms with Gasteiger partial charge in [0.25, 0.3) is 0 Å². The molecule has 0 spiro atoms. The summed E-state index contributed by atoms with van der Waals surface area (Å²) in [5.41, 5.74) is 1.11. The summed E-state index contributed by atoms with van der Waals surface area (Å²) in [7, 11) is 0. The summed E-state index contributed by atoms with van der Waals surface area (Å²) in [5, 5.41) is 3.18. The van der Waals surface area contributed by atoms with Crippen molar-refractivity contribution in [3.8, 4) is 0 Å². The Morgan fingerprint density at radius 3 is 2.42 bits per heavy atom. The van der Waals surface area contributed by atoms with Crippen molar-refractivity contribution >= 4 is 15.9 Å². The Hall–Kier alpha value is -0.590. The van der Waals surface area contributed by atoms with Crippen LogP contribution >= 0.6 is 15.9 Å². The maximum absolute atomic E-state index is 11.9. The van der Waals surface area contributed by atoms with Crippen LogP contribution in [0.2, 0.25) is 0 Å². The van der Waals surface area contributed by atoms with Gasteiger partial charge < -0.3 is 10.1 Å². The van der Waals surface area contributed by atoms with Crippen LogP contribution in [0.15, 0.2) is 28.7 Å². The highest BCUT2D eigenvalue weighted by Crippen LogP contribution is 2.19. The van der Waals surface area contributed by atoms with Crippen molar-refractivity contribution in [3.05, 3.63) is 34.3 Å². The third-order valence-electron chi connectivity index (χ3n) is 2.58. The van der Waals surface area contributed by atoms with Gasteiger partial charge in [-0.1, -0.05) is 35.0 Å². The van der Waals surface area contributed by atoms with Crippen LogP contribution in [0.3, 0.4) is 0 Å². The van der Waals surface area contributed by atoms with Crippen molar-refractivity contribution in [2.24, 2.45) is 0 Å². The van der Waals surface area contributed by atoms with Crippen LogP contribution in [0.5, 0.6) is 0 Å². The molecule has 1 aromatic rings. The van der Waals surface area contributed by atoms with E-state index in [2.05, 4.69) is 26.0 Å². The van der Waals surface area contributed by atoms with E-state index in [4.69, 9.17) is 0 Å². The first-order valence-electron chi connectivity index (χ1n) is 6.05. The molecule has 0 aliphatic heterocycles. The lowest BCUT2D eigenvalue weighted by atomic mass is 10.1. The first-order chi connectivity index (χ1) is 8.92. The maximum atomic E-state index is 11.9. The molecule has 1 N–H and O–H groups in total. The first-order valence-corrected chi connectivity index (χ1v) is 6.85. The van der Waals surface area contributed by atoms with E-state index in [1.807, 2.05) is 31.2 Å². The van der Waals surface area contributed by atoms with E-state index in [1.54, 1.807) is 0 Å². The highest BCUT2D eigenvalue weighted by Gasteiger charge is 2.27. The molecule has 0 aliphatic carbocycles. The number of rotatable bonds is 7. The van der Waals surface area contributed by atoms with Gasteiger partial charge in [0.05, 0.1) is 6.61 Å². The Morgan fingerprint density at radius 1 is 1.26 bits per heavy atom. The van der Waals surface area contributed by atoms with E-state index in [0.717, 1.165) is 16.5 Å². The van der Waals surface area contributed by atoms with Crippen LogP contribution < -0.4 is 5.32 Å². The minimum Gasteiger partial charge on any atom is -0.371 e. The largest absolute Gasteiger partial charge is 0.411 e. The van der Waals surface area contributed by atoms with Gasteiger partial charge in [0.2, 0.25) is 0 Å². The number of nitrogens with one attached hydrogen (secondary N) is 1. The summed E-state index contributed by atoms with van der Waals surface area (Å²) >= 11 is 3.36. The van der Waals surface area contributed by atoms with Crippen molar-refractivity contribution in [1.29, 1.82) is 0 Å². The average Bonchev–Trinajstić information content (AvgIpc) is 2.34. The van der Waals surface area contributed by atoms with Crippen molar-refractivity contribution in [2.75, 3.05) is 19.8 Å². The zero-order valence-corrected chi connectivity index (χ0v) is 12.2. The molecule has 0 aliphatic rings. The molecule has 0 radical (unpaired) electrons. The zero-order valence-electron chi connectivity index (χ0n) is 10.6. The highest BCUT2D eigenvalue weighted by atomic mass is 79.9. The van der Waals surface area contributed by atoms with Gasteiger partial charge in [0.1, 0.15) is 6.61 Å². The Balaban J connectivity index is 2.31. The van der Waals surface area contributed by atoms with Gasteiger partial charge >= 0.3 is 6.18 Å². The minimum atomic E-state index is -4.25. The second kappa shape index (κ2) is 7.87. The lowest BCUT2D eigenvalue weighted by Gasteiger charge is -2.17. The van der Waals surface area contributed by atoms with Crippen LogP contribution in [0.25, 0.3) is 0 Å². The second-order valence-electron chi connectivity index (χ2n) is 4.13. The first kappa shape index (κ1) is 16.5. The molecular formula is C13H17BrF3NO. The Kier molecular flexibility index (Phi) is 6.82. The zero-order chi connectivity index (χ0) is 14.3. The number of halogens is 4. The van der Waals surface area contributed by atoms with Gasteiger partial charge in [-0.3, -0.25) is 0 Å². The molecule has 1 atom stereocenters. The molecule has 19 heavy (non-hydrogen) atoms. The predicted molar refractivity (Wildman–Crippen MR) is 72.1 cm³/mol. The highest BCUT2D eigenvalue weighted by molar-refractivity contribution is 9.10. The number of ether oxygens (including phenoxy) is 1. The number of hydrogen-bond acceptors (Lipinski definition) is 2. The summed E-state index contributed by atoms with van der Waals surface area (Å²) in [6.07, 6.45) is -3.39. The molecule has 1 rings (SSSR count). The molecule has 1 unspecified atom stereocenters. The third kappa shape index (κ3) is 6.94. The quantitative estimate of drug-likeness (QED) is 0.756. The fraction of sp³-hybridized carbons (Fsp3) is 0.538. The molecule has 2 nitrogen and oxygen atoms in total. The molecule has 0 bridgehead atoms. The molecule has 0 aromatic heterocycles. The number of benzene rings is 1. The molecule has 0 saturated carbocycles. The van der Waals surface area contributed by atoms with Crippen LogP contribution in [-0.4, -0.2) is 25.9 Å². The van der Waals surface area contributed by atoms with Crippen LogP contribution in [0, 0.1) is 0 Å². The van der Waals surface area contributed by atoms with Crippen LogP contribution in [0.1, 0.15) is 24.9 Å². The van der Waals surface area contributed by atoms with Crippen molar-refractivity contribution in [2.45, 2.75) is 25.6 Å². The molecule has 0 saturated heterocycles. The topological polar surface area (TPSA) is 21.3 Å². The van der Waals surface area contributed by atoms with Gasteiger partial charge in [0.15, 0.2) is 0 Å². The summed E-state index contributed by atoms with van der Waals surface area (Å²) in [6, 6.07) is 7.99. The smallest absolute Gasteiger partial charge is 0.371 e.